The minimum Gasteiger partial charge on any atom is -0.354 e. The van der Waals surface area contributed by atoms with Crippen LogP contribution < -0.4 is 11.2 Å². The van der Waals surface area contributed by atoms with E-state index in [0.717, 1.165) is 10.8 Å². The molecule has 1 aromatic rings. The lowest BCUT2D eigenvalue weighted by molar-refractivity contribution is -0.0508. The van der Waals surface area contributed by atoms with E-state index in [4.69, 9.17) is 20.1 Å². The van der Waals surface area contributed by atoms with Gasteiger partial charge in [-0.25, -0.2) is 4.79 Å². The molecule has 25 heavy (non-hydrogen) atoms. The number of rotatable bonds is 5. The Labute approximate surface area is 138 Å². The summed E-state index contributed by atoms with van der Waals surface area (Å²) in [4.78, 5) is 45.2. The van der Waals surface area contributed by atoms with Crippen molar-refractivity contribution in [3.8, 4) is 0 Å². The Morgan fingerprint density at radius 3 is 2.76 bits per heavy atom. The molecule has 0 aromatic carbocycles. The molecule has 1 saturated heterocycles. The topological polar surface area (TPSA) is 170 Å². The molecular weight excluding hydrogens is 367 g/mol. The van der Waals surface area contributed by atoms with E-state index in [2.05, 4.69) is 10.0 Å². The average Bonchev–Trinajstić information content (AvgIpc) is 2.84. The van der Waals surface area contributed by atoms with Gasteiger partial charge in [0.2, 0.25) is 0 Å². The first-order chi connectivity index (χ1) is 11.5. The average molecular weight is 381 g/mol. The van der Waals surface area contributed by atoms with Crippen LogP contribution in [0.3, 0.4) is 0 Å². The van der Waals surface area contributed by atoms with Gasteiger partial charge in [-0.15, -0.1) is 0 Å². The molecule has 0 amide bonds. The number of hydrogen-bond acceptors (Lipinski definition) is 5. The number of halogens is 2. The molecule has 1 aliphatic heterocycles. The molecular formula is C11H14F2N5O6P. The summed E-state index contributed by atoms with van der Waals surface area (Å²) in [7, 11) is -5.75. The number of H-pyrrole nitrogens is 1. The molecule has 2 heterocycles. The number of nitrogens with one attached hydrogen (secondary N) is 1. The van der Waals surface area contributed by atoms with Gasteiger partial charge in [-0.3, -0.25) is 18.9 Å². The van der Waals surface area contributed by atoms with Crippen LogP contribution in [0.4, 0.5) is 8.78 Å². The third-order valence-corrected chi connectivity index (χ3v) is 4.77. The molecule has 1 unspecified atom stereocenters. The zero-order valence-electron chi connectivity index (χ0n) is 12.7. The minimum atomic E-state index is -5.75. The van der Waals surface area contributed by atoms with Gasteiger partial charge in [0.05, 0.1) is 18.6 Å². The van der Waals surface area contributed by atoms with E-state index in [9.17, 15) is 22.9 Å². The number of ether oxygens (including phenoxy) is 1. The first-order valence-corrected chi connectivity index (χ1v) is 8.52. The fourth-order valence-electron chi connectivity index (χ4n) is 2.42. The summed E-state index contributed by atoms with van der Waals surface area (Å²) < 4.78 is 44.3. The van der Waals surface area contributed by atoms with E-state index in [0.29, 0.717) is 0 Å². The molecule has 0 bridgehead atoms. The lowest BCUT2D eigenvalue weighted by atomic mass is 10.1. The van der Waals surface area contributed by atoms with Crippen molar-refractivity contribution in [3.63, 3.8) is 0 Å². The highest BCUT2D eigenvalue weighted by molar-refractivity contribution is 7.53. The number of aromatic amines is 1. The lowest BCUT2D eigenvalue weighted by Gasteiger charge is -2.23. The van der Waals surface area contributed by atoms with Crippen molar-refractivity contribution in [2.45, 2.75) is 43.8 Å². The standard InChI is InChI=1S/C11H14F2N5O6P/c1-5-4-18(10(20)15-9(5)19)8-2-6(16-17-14)7(24-8)3-11(12,13)25(21,22)23/h4,6-8H,2-3H2,1H3,(H,15,19,20)(H2,21,22,23)/t6?,7-,8-/m1/s1. The third kappa shape index (κ3) is 3.97. The number of hydrogen-bond donors (Lipinski definition) is 3. The van der Waals surface area contributed by atoms with Crippen LogP contribution in [-0.4, -0.2) is 37.1 Å². The fraction of sp³-hybridized carbons (Fsp3) is 0.636. The normalized spacial score (nSPS) is 24.1. The van der Waals surface area contributed by atoms with Crippen LogP contribution in [0.5, 0.6) is 0 Å². The summed E-state index contributed by atoms with van der Waals surface area (Å²) >= 11 is 0. The minimum absolute atomic E-state index is 0.160. The second-order valence-corrected chi connectivity index (χ2v) is 7.27. The molecule has 1 fully saturated rings. The van der Waals surface area contributed by atoms with E-state index in [-0.39, 0.29) is 12.0 Å². The molecule has 0 spiro atoms. The summed E-state index contributed by atoms with van der Waals surface area (Å²) in [6.45, 7) is 1.41. The third-order valence-electron chi connectivity index (χ3n) is 3.73. The summed E-state index contributed by atoms with van der Waals surface area (Å²) in [5.41, 5.74) is 2.82. The highest BCUT2D eigenvalue weighted by Gasteiger charge is 2.53. The second-order valence-electron chi connectivity index (χ2n) is 5.53. The van der Waals surface area contributed by atoms with Gasteiger partial charge in [0.25, 0.3) is 5.56 Å². The maximum Gasteiger partial charge on any atom is 0.394 e. The Hall–Kier alpha value is -2.04. The van der Waals surface area contributed by atoms with Crippen LogP contribution in [0.2, 0.25) is 0 Å². The molecule has 3 atom stereocenters. The van der Waals surface area contributed by atoms with Crippen LogP contribution in [0.25, 0.3) is 10.4 Å². The first-order valence-electron chi connectivity index (χ1n) is 6.91. The Morgan fingerprint density at radius 2 is 2.20 bits per heavy atom. The zero-order chi connectivity index (χ0) is 19.0. The zero-order valence-corrected chi connectivity index (χ0v) is 13.6. The lowest BCUT2D eigenvalue weighted by Crippen LogP contribution is -2.33. The van der Waals surface area contributed by atoms with Crippen molar-refractivity contribution in [1.82, 2.24) is 9.55 Å². The second kappa shape index (κ2) is 6.70. The van der Waals surface area contributed by atoms with Gasteiger partial charge in [0, 0.05) is 23.1 Å². The van der Waals surface area contributed by atoms with Crippen LogP contribution in [0, 0.1) is 6.92 Å². The predicted octanol–water partition coefficient (Wildman–Crippen LogP) is 0.972. The molecule has 0 saturated carbocycles. The molecule has 1 aliphatic rings. The van der Waals surface area contributed by atoms with Crippen molar-refractivity contribution in [1.29, 1.82) is 0 Å². The summed E-state index contributed by atoms with van der Waals surface area (Å²) in [5.74, 6) is 0. The predicted molar refractivity (Wildman–Crippen MR) is 79.1 cm³/mol. The number of aryl methyl sites for hydroxylation is 1. The Bertz CT molecular complexity index is 872. The number of nitrogens with zero attached hydrogens (tertiary/aromatic N) is 4. The van der Waals surface area contributed by atoms with Crippen LogP contribution in [0.1, 0.15) is 24.6 Å². The van der Waals surface area contributed by atoms with E-state index in [1.54, 1.807) is 0 Å². The maximum absolute atomic E-state index is 13.6. The number of aromatic nitrogens is 2. The van der Waals surface area contributed by atoms with Crippen molar-refractivity contribution >= 4 is 7.60 Å². The van der Waals surface area contributed by atoms with Crippen molar-refractivity contribution < 1.29 is 27.9 Å². The monoisotopic (exact) mass is 381 g/mol. The largest absolute Gasteiger partial charge is 0.394 e. The summed E-state index contributed by atoms with van der Waals surface area (Å²) in [5, 5.41) is 3.30. The fourth-order valence-corrected chi connectivity index (χ4v) is 2.84. The van der Waals surface area contributed by atoms with Gasteiger partial charge in [0.15, 0.2) is 0 Å². The SMILES string of the molecule is Cc1cn([C@H]2CC(N=[N+]=[N-])[C@@H](CC(F)(F)P(=O)(O)O)O2)c(=O)[nH]c1=O. The van der Waals surface area contributed by atoms with E-state index < -0.39 is 49.3 Å². The van der Waals surface area contributed by atoms with Crippen LogP contribution >= 0.6 is 7.60 Å². The highest BCUT2D eigenvalue weighted by atomic mass is 31.2. The van der Waals surface area contributed by atoms with Crippen molar-refractivity contribution in [2.24, 2.45) is 5.11 Å². The van der Waals surface area contributed by atoms with Gasteiger partial charge < -0.3 is 14.5 Å². The molecule has 0 aliphatic carbocycles. The summed E-state index contributed by atoms with van der Waals surface area (Å²) in [6, 6.07) is -1.17. The van der Waals surface area contributed by atoms with Crippen molar-refractivity contribution in [3.05, 3.63) is 43.0 Å². The Morgan fingerprint density at radius 1 is 1.56 bits per heavy atom. The Balaban J connectivity index is 2.34. The van der Waals surface area contributed by atoms with Crippen LogP contribution in [-0.2, 0) is 9.30 Å². The van der Waals surface area contributed by atoms with E-state index >= 15 is 0 Å². The number of alkyl halides is 2. The van der Waals surface area contributed by atoms with Crippen LogP contribution in [0.15, 0.2) is 20.9 Å². The first kappa shape index (κ1) is 19.3. The maximum atomic E-state index is 13.6. The van der Waals surface area contributed by atoms with Gasteiger partial charge in [-0.2, -0.15) is 8.78 Å². The molecule has 14 heteroatoms. The summed E-state index contributed by atoms with van der Waals surface area (Å²) in [6.07, 6.45) is -3.09. The number of azide groups is 1. The molecule has 1 aromatic heterocycles. The van der Waals surface area contributed by atoms with Crippen molar-refractivity contribution in [2.75, 3.05) is 0 Å². The Kier molecular flexibility index (Phi) is 5.17. The smallest absolute Gasteiger partial charge is 0.354 e. The van der Waals surface area contributed by atoms with Gasteiger partial charge in [-0.05, 0) is 12.5 Å². The van der Waals surface area contributed by atoms with Gasteiger partial charge in [0.1, 0.15) is 6.23 Å². The molecule has 0 radical (unpaired) electrons. The molecule has 2 rings (SSSR count). The van der Waals surface area contributed by atoms with Gasteiger partial charge >= 0.3 is 18.9 Å². The highest BCUT2D eigenvalue weighted by Crippen LogP contribution is 2.56. The van der Waals surface area contributed by atoms with E-state index in [1.807, 2.05) is 4.98 Å². The quantitative estimate of drug-likeness (QED) is 0.297. The molecule has 11 nitrogen and oxygen atoms in total. The van der Waals surface area contributed by atoms with E-state index in [1.165, 1.54) is 6.92 Å². The molecule has 138 valence electrons. The van der Waals surface area contributed by atoms with Gasteiger partial charge in [-0.1, -0.05) is 5.11 Å². The molecule has 3 N–H and O–H groups in total.